The molecule has 0 saturated carbocycles. The van der Waals surface area contributed by atoms with E-state index in [9.17, 15) is 9.59 Å². The molecular formula is C26H33ClO4. The van der Waals surface area contributed by atoms with Crippen LogP contribution in [0.4, 0.5) is 0 Å². The Bertz CT molecular complexity index is 902. The zero-order chi connectivity index (χ0) is 23.8. The molecule has 0 N–H and O–H groups in total. The Morgan fingerprint density at radius 3 is 2.00 bits per heavy atom. The fraction of sp³-hybridized carbons (Fsp3) is 0.385. The highest BCUT2D eigenvalue weighted by Gasteiger charge is 2.33. The first-order valence-corrected chi connectivity index (χ1v) is 10.9. The van der Waals surface area contributed by atoms with Crippen molar-refractivity contribution >= 4 is 29.4 Å². The van der Waals surface area contributed by atoms with Crippen LogP contribution >= 0.6 is 11.6 Å². The molecule has 0 saturated heterocycles. The zero-order valence-electron chi connectivity index (χ0n) is 19.7. The Morgan fingerprint density at radius 1 is 1.00 bits per heavy atom. The zero-order valence-corrected chi connectivity index (χ0v) is 20.5. The van der Waals surface area contributed by atoms with Gasteiger partial charge in [-0.2, -0.15) is 0 Å². The monoisotopic (exact) mass is 444 g/mol. The molecule has 2 aromatic rings. The summed E-state index contributed by atoms with van der Waals surface area (Å²) in [4.78, 5) is 24.6. The molecule has 5 heteroatoms. The second-order valence-electron chi connectivity index (χ2n) is 7.75. The Labute approximate surface area is 191 Å². The molecule has 0 unspecified atom stereocenters. The third kappa shape index (κ3) is 7.87. The lowest BCUT2D eigenvalue weighted by Gasteiger charge is -2.27. The lowest BCUT2D eigenvalue weighted by Crippen LogP contribution is -2.41. The number of carbonyl (C=O) groups excluding carboxylic acids is 2. The van der Waals surface area contributed by atoms with Gasteiger partial charge in [-0.25, -0.2) is 4.79 Å². The first kappa shape index (κ1) is 26.4. The van der Waals surface area contributed by atoms with Gasteiger partial charge >= 0.3 is 5.97 Å². The number of rotatable bonds is 7. The van der Waals surface area contributed by atoms with Crippen molar-refractivity contribution in [2.75, 3.05) is 0 Å². The number of ketones is 1. The summed E-state index contributed by atoms with van der Waals surface area (Å²) in [5, 5.41) is 0.590. The molecule has 4 nitrogen and oxygen atoms in total. The topological polar surface area (TPSA) is 52.6 Å². The minimum Gasteiger partial charge on any atom is -0.476 e. The first-order valence-electron chi connectivity index (χ1n) is 10.5. The number of hydrogen-bond acceptors (Lipinski definition) is 4. The molecule has 31 heavy (non-hydrogen) atoms. The molecular weight excluding hydrogens is 412 g/mol. The number of hydrogen-bond donors (Lipinski definition) is 0. The summed E-state index contributed by atoms with van der Waals surface area (Å²) in [5.41, 5.74) is 2.08. The summed E-state index contributed by atoms with van der Waals surface area (Å²) < 4.78 is 11.3. The van der Waals surface area contributed by atoms with Crippen molar-refractivity contribution in [1.29, 1.82) is 0 Å². The van der Waals surface area contributed by atoms with Gasteiger partial charge in [-0.05, 0) is 101 Å². The number of carbonyl (C=O) groups is 2. The third-order valence-corrected chi connectivity index (χ3v) is 4.48. The summed E-state index contributed by atoms with van der Waals surface area (Å²) in [7, 11) is 0. The fourth-order valence-corrected chi connectivity index (χ4v) is 2.90. The predicted molar refractivity (Wildman–Crippen MR) is 128 cm³/mol. The van der Waals surface area contributed by atoms with Crippen LogP contribution < -0.4 is 4.74 Å². The molecule has 0 aliphatic heterocycles. The molecule has 0 amide bonds. The molecule has 0 radical (unpaired) electrons. The minimum atomic E-state index is -1.11. The second kappa shape index (κ2) is 11.7. The van der Waals surface area contributed by atoms with Crippen molar-refractivity contribution < 1.29 is 19.1 Å². The summed E-state index contributed by atoms with van der Waals surface area (Å²) in [5.74, 6) is 0.121. The lowest BCUT2D eigenvalue weighted by atomic mass is 10.0. The molecule has 0 fully saturated rings. The Kier molecular flexibility index (Phi) is 9.99. The maximum Gasteiger partial charge on any atom is 0.350 e. The quantitative estimate of drug-likeness (QED) is 0.262. The SMILES string of the molecule is CC.Cc1cc(/C=C/C(=O)c2ccc(Cl)cc2)cc(C)c1OC(C)(C)C(=O)OC(C)C. The minimum absolute atomic E-state index is 0.102. The van der Waals surface area contributed by atoms with Crippen molar-refractivity contribution in [2.24, 2.45) is 0 Å². The summed E-state index contributed by atoms with van der Waals surface area (Å²) in [6.07, 6.45) is 3.08. The highest BCUT2D eigenvalue weighted by atomic mass is 35.5. The van der Waals surface area contributed by atoms with Gasteiger partial charge in [0.25, 0.3) is 0 Å². The molecule has 0 spiro atoms. The van der Waals surface area contributed by atoms with Crippen molar-refractivity contribution in [3.8, 4) is 5.75 Å². The highest BCUT2D eigenvalue weighted by molar-refractivity contribution is 6.30. The van der Waals surface area contributed by atoms with E-state index in [1.165, 1.54) is 6.08 Å². The third-order valence-electron chi connectivity index (χ3n) is 4.23. The fourth-order valence-electron chi connectivity index (χ4n) is 2.78. The summed E-state index contributed by atoms with van der Waals surface area (Å²) >= 11 is 5.86. The molecule has 2 rings (SSSR count). The van der Waals surface area contributed by atoms with E-state index < -0.39 is 11.6 Å². The van der Waals surface area contributed by atoms with Crippen LogP contribution in [0.1, 0.15) is 68.6 Å². The van der Waals surface area contributed by atoms with Crippen molar-refractivity contribution in [2.45, 2.75) is 67.1 Å². The van der Waals surface area contributed by atoms with Crippen LogP contribution in [0, 0.1) is 13.8 Å². The van der Waals surface area contributed by atoms with Crippen LogP contribution in [-0.2, 0) is 9.53 Å². The van der Waals surface area contributed by atoms with Gasteiger partial charge < -0.3 is 9.47 Å². The standard InChI is InChI=1S/C24H27ClO4.C2H6/c1-15(2)28-23(27)24(5,6)29-22-16(3)13-18(14-17(22)4)7-12-21(26)19-8-10-20(25)11-9-19;1-2/h7-15H,1-6H3;1-2H3/b12-7+;. The average molecular weight is 445 g/mol. The van der Waals surface area contributed by atoms with Crippen LogP contribution in [-0.4, -0.2) is 23.5 Å². The predicted octanol–water partition coefficient (Wildman–Crippen LogP) is 6.99. The van der Waals surface area contributed by atoms with Crippen LogP contribution in [0.2, 0.25) is 5.02 Å². The number of esters is 1. The maximum absolute atomic E-state index is 12.3. The number of ether oxygens (including phenoxy) is 2. The van der Waals surface area contributed by atoms with E-state index in [0.717, 1.165) is 16.7 Å². The van der Waals surface area contributed by atoms with Crippen molar-refractivity contribution in [3.63, 3.8) is 0 Å². The van der Waals surface area contributed by atoms with Gasteiger partial charge in [0.2, 0.25) is 0 Å². The highest BCUT2D eigenvalue weighted by Crippen LogP contribution is 2.29. The largest absolute Gasteiger partial charge is 0.476 e. The Balaban J connectivity index is 0.00000233. The van der Waals surface area contributed by atoms with Gasteiger partial charge in [0.05, 0.1) is 6.10 Å². The van der Waals surface area contributed by atoms with E-state index in [1.54, 1.807) is 58.0 Å². The molecule has 0 bridgehead atoms. The lowest BCUT2D eigenvalue weighted by molar-refractivity contribution is -0.163. The Morgan fingerprint density at radius 2 is 1.52 bits per heavy atom. The van der Waals surface area contributed by atoms with Crippen LogP contribution in [0.15, 0.2) is 42.5 Å². The number of allylic oxidation sites excluding steroid dienone is 1. The van der Waals surface area contributed by atoms with Gasteiger partial charge in [0.15, 0.2) is 11.4 Å². The molecule has 0 atom stereocenters. The summed E-state index contributed by atoms with van der Waals surface area (Å²) in [6, 6.07) is 10.6. The second-order valence-corrected chi connectivity index (χ2v) is 8.19. The normalized spacial score (nSPS) is 11.2. The molecule has 0 aromatic heterocycles. The van der Waals surface area contributed by atoms with E-state index >= 15 is 0 Å². The molecule has 0 aliphatic carbocycles. The average Bonchev–Trinajstić information content (AvgIpc) is 2.70. The molecule has 0 aliphatic rings. The van der Waals surface area contributed by atoms with Gasteiger partial charge in [0.1, 0.15) is 5.75 Å². The number of halogens is 1. The van der Waals surface area contributed by atoms with Gasteiger partial charge in [-0.3, -0.25) is 4.79 Å². The van der Waals surface area contributed by atoms with Gasteiger partial charge in [0, 0.05) is 10.6 Å². The van der Waals surface area contributed by atoms with E-state index in [0.29, 0.717) is 16.3 Å². The van der Waals surface area contributed by atoms with E-state index in [4.69, 9.17) is 21.1 Å². The van der Waals surface area contributed by atoms with Crippen molar-refractivity contribution in [3.05, 3.63) is 69.8 Å². The van der Waals surface area contributed by atoms with Crippen molar-refractivity contribution in [1.82, 2.24) is 0 Å². The van der Waals surface area contributed by atoms with E-state index in [1.807, 2.05) is 39.8 Å². The van der Waals surface area contributed by atoms with Crippen LogP contribution in [0.25, 0.3) is 6.08 Å². The molecule has 2 aromatic carbocycles. The van der Waals surface area contributed by atoms with E-state index in [-0.39, 0.29) is 11.9 Å². The van der Waals surface area contributed by atoms with Gasteiger partial charge in [-0.15, -0.1) is 0 Å². The van der Waals surface area contributed by atoms with Gasteiger partial charge in [-0.1, -0.05) is 31.5 Å². The summed E-state index contributed by atoms with van der Waals surface area (Å²) in [6.45, 7) is 14.8. The number of benzene rings is 2. The smallest absolute Gasteiger partial charge is 0.350 e. The Hall–Kier alpha value is -2.59. The van der Waals surface area contributed by atoms with E-state index in [2.05, 4.69) is 0 Å². The maximum atomic E-state index is 12.3. The molecule has 0 heterocycles. The van der Waals surface area contributed by atoms with Crippen LogP contribution in [0.3, 0.4) is 0 Å². The van der Waals surface area contributed by atoms with Crippen LogP contribution in [0.5, 0.6) is 5.75 Å². The molecule has 168 valence electrons. The number of aryl methyl sites for hydroxylation is 2. The first-order chi connectivity index (χ1) is 14.5.